The summed E-state index contributed by atoms with van der Waals surface area (Å²) < 4.78 is 0. The van der Waals surface area contributed by atoms with Crippen molar-refractivity contribution in [1.82, 2.24) is 20.2 Å². The molecule has 66 valence electrons. The van der Waals surface area contributed by atoms with Gasteiger partial charge in [0, 0.05) is 12.3 Å². The molecule has 0 aliphatic heterocycles. The van der Waals surface area contributed by atoms with Gasteiger partial charge in [0.25, 0.3) is 0 Å². The van der Waals surface area contributed by atoms with Crippen molar-refractivity contribution in [2.24, 2.45) is 0 Å². The van der Waals surface area contributed by atoms with Gasteiger partial charge >= 0.3 is 0 Å². The third-order valence-corrected chi connectivity index (χ3v) is 1.81. The van der Waals surface area contributed by atoms with E-state index in [1.54, 1.807) is 12.4 Å². The number of aromatic nitrogens is 4. The van der Waals surface area contributed by atoms with Crippen LogP contribution in [0, 0.1) is 0 Å². The van der Waals surface area contributed by atoms with E-state index in [0.717, 1.165) is 5.56 Å². The second-order valence-electron chi connectivity index (χ2n) is 2.32. The normalized spacial score (nSPS) is 10.3. The van der Waals surface area contributed by atoms with Crippen molar-refractivity contribution in [3.8, 4) is 11.4 Å². The molecule has 2 aromatic rings. The second-order valence-corrected chi connectivity index (χ2v) is 3.10. The Morgan fingerprint density at radius 3 is 2.38 bits per heavy atom. The van der Waals surface area contributed by atoms with E-state index in [1.807, 2.05) is 0 Å². The molecule has 0 unspecified atom stereocenters. The molecular weight excluding hydrogens is 211 g/mol. The van der Waals surface area contributed by atoms with Crippen molar-refractivity contribution in [3.05, 3.63) is 28.8 Å². The Bertz CT molecular complexity index is 392. The van der Waals surface area contributed by atoms with Gasteiger partial charge in [-0.15, -0.1) is 0 Å². The number of rotatable bonds is 1. The van der Waals surface area contributed by atoms with Crippen molar-refractivity contribution in [1.29, 1.82) is 0 Å². The zero-order valence-corrected chi connectivity index (χ0v) is 7.84. The average molecular weight is 215 g/mol. The number of nitrogens with one attached hydrogen (secondary N) is 1. The van der Waals surface area contributed by atoms with Crippen LogP contribution in [0.3, 0.4) is 0 Å². The van der Waals surface area contributed by atoms with E-state index in [4.69, 9.17) is 23.2 Å². The predicted octanol–water partition coefficient (Wildman–Crippen LogP) is 2.17. The Morgan fingerprint density at radius 1 is 1.15 bits per heavy atom. The molecule has 4 nitrogen and oxygen atoms in total. The van der Waals surface area contributed by atoms with E-state index < -0.39 is 0 Å². The summed E-state index contributed by atoms with van der Waals surface area (Å²) in [6.07, 6.45) is 3.27. The molecule has 0 spiro atoms. The van der Waals surface area contributed by atoms with E-state index in [0.29, 0.717) is 16.1 Å². The fraction of sp³-hybridized carbons (Fsp3) is 0. The van der Waals surface area contributed by atoms with Gasteiger partial charge in [0.05, 0.1) is 11.8 Å². The molecule has 13 heavy (non-hydrogen) atoms. The van der Waals surface area contributed by atoms with E-state index in [2.05, 4.69) is 20.2 Å². The van der Waals surface area contributed by atoms with Crippen molar-refractivity contribution in [2.45, 2.75) is 0 Å². The van der Waals surface area contributed by atoms with Crippen molar-refractivity contribution >= 4 is 23.2 Å². The molecule has 0 saturated heterocycles. The number of nitrogens with zero attached hydrogens (tertiary/aromatic N) is 3. The smallest absolute Gasteiger partial charge is 0.165 e. The molecule has 0 atom stereocenters. The monoisotopic (exact) mass is 214 g/mol. The average Bonchev–Trinajstić information content (AvgIpc) is 2.53. The summed E-state index contributed by atoms with van der Waals surface area (Å²) in [5.41, 5.74) is 0.754. The number of halogens is 2. The molecule has 6 heteroatoms. The van der Waals surface area contributed by atoms with Gasteiger partial charge in [-0.2, -0.15) is 5.10 Å². The summed E-state index contributed by atoms with van der Waals surface area (Å²) in [5.74, 6) is 0.464. The van der Waals surface area contributed by atoms with Crippen LogP contribution in [-0.4, -0.2) is 20.2 Å². The highest BCUT2D eigenvalue weighted by molar-refractivity contribution is 6.33. The summed E-state index contributed by atoms with van der Waals surface area (Å²) in [7, 11) is 0. The quantitative estimate of drug-likeness (QED) is 0.741. The Morgan fingerprint density at radius 2 is 1.85 bits per heavy atom. The topological polar surface area (TPSA) is 54.5 Å². The first-order valence-corrected chi connectivity index (χ1v) is 4.20. The molecule has 0 aliphatic carbocycles. The molecular formula is C7H4Cl2N4. The minimum atomic E-state index is 0.316. The first-order valence-electron chi connectivity index (χ1n) is 3.45. The third-order valence-electron chi connectivity index (χ3n) is 1.42. The number of H-pyrrole nitrogens is 1. The Labute approximate surface area is 83.9 Å². The molecule has 0 aliphatic rings. The van der Waals surface area contributed by atoms with Crippen LogP contribution < -0.4 is 0 Å². The fourth-order valence-corrected chi connectivity index (χ4v) is 1.32. The molecule has 2 heterocycles. The number of hydrogen-bond donors (Lipinski definition) is 1. The lowest BCUT2D eigenvalue weighted by molar-refractivity contribution is 1.09. The largest absolute Gasteiger partial charge is 0.285 e. The van der Waals surface area contributed by atoms with Gasteiger partial charge in [-0.05, 0) is 0 Å². The van der Waals surface area contributed by atoms with Gasteiger partial charge < -0.3 is 0 Å². The van der Waals surface area contributed by atoms with Gasteiger partial charge in [-0.3, -0.25) is 5.10 Å². The van der Waals surface area contributed by atoms with Crippen LogP contribution >= 0.6 is 23.2 Å². The minimum Gasteiger partial charge on any atom is -0.285 e. The zero-order valence-electron chi connectivity index (χ0n) is 6.33. The van der Waals surface area contributed by atoms with Crippen LogP contribution in [0.25, 0.3) is 11.4 Å². The summed E-state index contributed by atoms with van der Waals surface area (Å²) in [5, 5.41) is 7.05. The molecule has 0 bridgehead atoms. The maximum absolute atomic E-state index is 5.70. The molecule has 0 fully saturated rings. The summed E-state index contributed by atoms with van der Waals surface area (Å²) in [6.45, 7) is 0. The molecule has 0 amide bonds. The van der Waals surface area contributed by atoms with Crippen LogP contribution in [0.5, 0.6) is 0 Å². The van der Waals surface area contributed by atoms with Gasteiger partial charge in [-0.1, -0.05) is 23.2 Å². The van der Waals surface area contributed by atoms with E-state index in [9.17, 15) is 0 Å². The van der Waals surface area contributed by atoms with E-state index in [1.165, 1.54) is 6.07 Å². The molecule has 0 aromatic carbocycles. The van der Waals surface area contributed by atoms with Crippen molar-refractivity contribution in [3.63, 3.8) is 0 Å². The van der Waals surface area contributed by atoms with Crippen LogP contribution in [0.1, 0.15) is 0 Å². The summed E-state index contributed by atoms with van der Waals surface area (Å²) in [4.78, 5) is 7.97. The van der Waals surface area contributed by atoms with Crippen LogP contribution in [0.15, 0.2) is 18.5 Å². The van der Waals surface area contributed by atoms with Gasteiger partial charge in [-0.25, -0.2) is 9.97 Å². The van der Waals surface area contributed by atoms with Gasteiger partial charge in [0.1, 0.15) is 10.3 Å². The maximum atomic E-state index is 5.70. The zero-order chi connectivity index (χ0) is 9.26. The highest BCUT2D eigenvalue weighted by Crippen LogP contribution is 2.18. The lowest BCUT2D eigenvalue weighted by Gasteiger charge is -1.96. The SMILES string of the molecule is Clc1cc(Cl)nc(-c2cn[nH]c2)n1. The standard InChI is InChI=1S/C7H4Cl2N4/c8-5-1-6(9)13-7(12-5)4-2-10-11-3-4/h1-3H,(H,10,11). The van der Waals surface area contributed by atoms with Crippen molar-refractivity contribution in [2.75, 3.05) is 0 Å². The Hall–Kier alpha value is -1.13. The van der Waals surface area contributed by atoms with Gasteiger partial charge in [0.15, 0.2) is 5.82 Å². The van der Waals surface area contributed by atoms with E-state index in [-0.39, 0.29) is 0 Å². The lowest BCUT2D eigenvalue weighted by atomic mass is 10.3. The molecule has 2 rings (SSSR count). The highest BCUT2D eigenvalue weighted by Gasteiger charge is 2.04. The van der Waals surface area contributed by atoms with Gasteiger partial charge in [0.2, 0.25) is 0 Å². The van der Waals surface area contributed by atoms with Crippen LogP contribution in [-0.2, 0) is 0 Å². The number of aromatic amines is 1. The second kappa shape index (κ2) is 3.32. The lowest BCUT2D eigenvalue weighted by Crippen LogP contribution is -1.88. The molecule has 1 N–H and O–H groups in total. The summed E-state index contributed by atoms with van der Waals surface area (Å²) >= 11 is 11.4. The number of hydrogen-bond acceptors (Lipinski definition) is 3. The van der Waals surface area contributed by atoms with E-state index >= 15 is 0 Å². The predicted molar refractivity (Wildman–Crippen MR) is 49.6 cm³/mol. The maximum Gasteiger partial charge on any atom is 0.165 e. The third kappa shape index (κ3) is 1.79. The van der Waals surface area contributed by atoms with Crippen LogP contribution in [0.2, 0.25) is 10.3 Å². The summed E-state index contributed by atoms with van der Waals surface area (Å²) in [6, 6.07) is 1.48. The Kier molecular flexibility index (Phi) is 2.16. The molecule has 2 aromatic heterocycles. The molecule has 0 radical (unpaired) electrons. The fourth-order valence-electron chi connectivity index (χ4n) is 0.892. The molecule has 0 saturated carbocycles. The highest BCUT2D eigenvalue weighted by atomic mass is 35.5. The first kappa shape index (κ1) is 8.47. The minimum absolute atomic E-state index is 0.316. The van der Waals surface area contributed by atoms with Crippen molar-refractivity contribution < 1.29 is 0 Å². The Balaban J connectivity index is 2.53. The van der Waals surface area contributed by atoms with Crippen LogP contribution in [0.4, 0.5) is 0 Å². The first-order chi connectivity index (χ1) is 6.25.